The first-order valence-electron chi connectivity index (χ1n) is 8.28. The van der Waals surface area contributed by atoms with Gasteiger partial charge in [-0.15, -0.1) is 0 Å². The van der Waals surface area contributed by atoms with Gasteiger partial charge in [0, 0.05) is 24.5 Å². The van der Waals surface area contributed by atoms with Gasteiger partial charge in [0.25, 0.3) is 0 Å². The van der Waals surface area contributed by atoms with Gasteiger partial charge in [0.1, 0.15) is 11.7 Å². The molecular weight excluding hydrogens is 534 g/mol. The number of hydrogen-bond acceptors (Lipinski definition) is 3. The lowest BCUT2D eigenvalue weighted by atomic mass is 10.1. The van der Waals surface area contributed by atoms with E-state index in [4.69, 9.17) is 9.98 Å². The third-order valence-electron chi connectivity index (χ3n) is 4.14. The van der Waals surface area contributed by atoms with Crippen LogP contribution in [-0.4, -0.2) is 11.7 Å². The maximum absolute atomic E-state index is 4.85. The first kappa shape index (κ1) is 18.6. The van der Waals surface area contributed by atoms with Crippen molar-refractivity contribution in [3.05, 3.63) is 103 Å². The van der Waals surface area contributed by atoms with Crippen LogP contribution in [0.15, 0.2) is 96.2 Å². The second-order valence-electron chi connectivity index (χ2n) is 6.02. The van der Waals surface area contributed by atoms with Crippen molar-refractivity contribution in [1.29, 1.82) is 0 Å². The fourth-order valence-electron chi connectivity index (χ4n) is 2.74. The molecule has 3 aromatic rings. The molecule has 1 N–H and O–H groups in total. The van der Waals surface area contributed by atoms with Crippen LogP contribution in [0.1, 0.15) is 22.9 Å². The van der Waals surface area contributed by atoms with Gasteiger partial charge in [0.15, 0.2) is 6.17 Å². The number of nitrogens with zero attached hydrogens (tertiary/aromatic N) is 2. The maximum atomic E-state index is 4.85. The lowest BCUT2D eigenvalue weighted by Gasteiger charge is -2.22. The number of nitrogens with one attached hydrogen (secondary N) is 1. The molecule has 27 heavy (non-hydrogen) atoms. The summed E-state index contributed by atoms with van der Waals surface area (Å²) < 4.78 is 3.11. The highest BCUT2D eigenvalue weighted by atomic mass is 79.9. The maximum Gasteiger partial charge on any atom is 0.169 e. The summed E-state index contributed by atoms with van der Waals surface area (Å²) in [6.45, 7) is 0. The molecule has 6 heteroatoms. The van der Waals surface area contributed by atoms with Gasteiger partial charge in [-0.05, 0) is 42.0 Å². The van der Waals surface area contributed by atoms with Gasteiger partial charge in [-0.2, -0.15) is 0 Å². The molecule has 0 fully saturated rings. The number of amidine groups is 2. The summed E-state index contributed by atoms with van der Waals surface area (Å²) in [5.41, 5.74) is 3.08. The Morgan fingerprint density at radius 2 is 0.926 bits per heavy atom. The van der Waals surface area contributed by atoms with Crippen molar-refractivity contribution in [3.8, 4) is 0 Å². The summed E-state index contributed by atoms with van der Waals surface area (Å²) in [6, 6.07) is 24.3. The van der Waals surface area contributed by atoms with Crippen molar-refractivity contribution >= 4 is 59.5 Å². The van der Waals surface area contributed by atoms with Crippen LogP contribution in [0.5, 0.6) is 0 Å². The fraction of sp³-hybridized carbons (Fsp3) is 0.0476. The molecule has 1 aliphatic heterocycles. The van der Waals surface area contributed by atoms with Crippen molar-refractivity contribution in [2.75, 3.05) is 0 Å². The summed E-state index contributed by atoms with van der Waals surface area (Å²) in [5.74, 6) is 1.62. The lowest BCUT2D eigenvalue weighted by molar-refractivity contribution is 0.755. The Hall–Kier alpha value is -1.76. The zero-order valence-corrected chi connectivity index (χ0v) is 18.8. The molecule has 0 saturated carbocycles. The highest BCUT2D eigenvalue weighted by Gasteiger charge is 2.20. The quantitative estimate of drug-likeness (QED) is 0.401. The molecular formula is C21H14Br3N3. The summed E-state index contributed by atoms with van der Waals surface area (Å²) in [4.78, 5) is 9.71. The molecule has 0 bridgehead atoms. The van der Waals surface area contributed by atoms with Gasteiger partial charge in [-0.1, -0.05) is 84.2 Å². The Morgan fingerprint density at radius 1 is 0.556 bits per heavy atom. The third kappa shape index (κ3) is 4.39. The lowest BCUT2D eigenvalue weighted by Crippen LogP contribution is -2.36. The molecule has 0 aromatic heterocycles. The van der Waals surface area contributed by atoms with Gasteiger partial charge in [0.2, 0.25) is 0 Å². The van der Waals surface area contributed by atoms with Crippen LogP contribution in [0.25, 0.3) is 0 Å². The van der Waals surface area contributed by atoms with Crippen LogP contribution in [0.2, 0.25) is 0 Å². The van der Waals surface area contributed by atoms with E-state index in [2.05, 4.69) is 53.1 Å². The van der Waals surface area contributed by atoms with E-state index >= 15 is 0 Å². The Bertz CT molecular complexity index is 947. The standard InChI is InChI=1S/C21H14Br3N3/c22-16-7-1-13(2-8-16)19-25-20(14-3-9-17(23)10-4-14)27-21(26-19)15-5-11-18(24)12-6-15/h1-12,19H,(H,25,26,27). The summed E-state index contributed by atoms with van der Waals surface area (Å²) in [5, 5.41) is 3.40. The monoisotopic (exact) mass is 545 g/mol. The van der Waals surface area contributed by atoms with Gasteiger partial charge in [-0.3, -0.25) is 0 Å². The Morgan fingerprint density at radius 3 is 1.33 bits per heavy atom. The van der Waals surface area contributed by atoms with Crippen LogP contribution < -0.4 is 5.32 Å². The van der Waals surface area contributed by atoms with Crippen molar-refractivity contribution in [3.63, 3.8) is 0 Å². The molecule has 0 atom stereocenters. The predicted octanol–water partition coefficient (Wildman–Crippen LogP) is 6.47. The largest absolute Gasteiger partial charge is 0.324 e. The Labute approximate surface area is 183 Å². The predicted molar refractivity (Wildman–Crippen MR) is 121 cm³/mol. The highest BCUT2D eigenvalue weighted by molar-refractivity contribution is 9.11. The van der Waals surface area contributed by atoms with Gasteiger partial charge in [-0.25, -0.2) is 9.98 Å². The average molecular weight is 548 g/mol. The van der Waals surface area contributed by atoms with Gasteiger partial charge >= 0.3 is 0 Å². The minimum absolute atomic E-state index is 0.295. The number of aliphatic imine (C=N–C) groups is 2. The highest BCUT2D eigenvalue weighted by Crippen LogP contribution is 2.26. The minimum atomic E-state index is -0.295. The first-order valence-corrected chi connectivity index (χ1v) is 10.7. The zero-order valence-electron chi connectivity index (χ0n) is 14.0. The van der Waals surface area contributed by atoms with E-state index in [-0.39, 0.29) is 6.17 Å². The molecule has 0 saturated heterocycles. The van der Waals surface area contributed by atoms with Crippen molar-refractivity contribution in [2.24, 2.45) is 9.98 Å². The molecule has 0 unspecified atom stereocenters. The number of halogens is 3. The fourth-order valence-corrected chi connectivity index (χ4v) is 3.54. The van der Waals surface area contributed by atoms with E-state index in [1.54, 1.807) is 0 Å². The first-order chi connectivity index (χ1) is 13.1. The van der Waals surface area contributed by atoms with Crippen LogP contribution in [0.4, 0.5) is 0 Å². The number of hydrogen-bond donors (Lipinski definition) is 1. The SMILES string of the molecule is Brc1ccc(C2=NC(c3ccc(Br)cc3)N=C(c3ccc(Br)cc3)N2)cc1. The molecule has 0 spiro atoms. The number of benzene rings is 3. The van der Waals surface area contributed by atoms with Crippen LogP contribution in [0.3, 0.4) is 0 Å². The number of rotatable bonds is 3. The molecule has 4 rings (SSSR count). The summed E-state index contributed by atoms with van der Waals surface area (Å²) in [6.07, 6.45) is -0.295. The van der Waals surface area contributed by atoms with E-state index < -0.39 is 0 Å². The molecule has 3 nitrogen and oxygen atoms in total. The van der Waals surface area contributed by atoms with Crippen LogP contribution in [0, 0.1) is 0 Å². The Kier molecular flexibility index (Phi) is 5.57. The second kappa shape index (κ2) is 8.09. The van der Waals surface area contributed by atoms with Crippen molar-refractivity contribution < 1.29 is 0 Å². The molecule has 0 amide bonds. The van der Waals surface area contributed by atoms with E-state index in [1.807, 2.05) is 72.8 Å². The van der Waals surface area contributed by atoms with E-state index in [1.165, 1.54) is 0 Å². The third-order valence-corrected chi connectivity index (χ3v) is 5.73. The van der Waals surface area contributed by atoms with E-state index in [9.17, 15) is 0 Å². The second-order valence-corrected chi connectivity index (χ2v) is 8.77. The van der Waals surface area contributed by atoms with Crippen LogP contribution in [-0.2, 0) is 0 Å². The van der Waals surface area contributed by atoms with Gasteiger partial charge < -0.3 is 5.32 Å². The molecule has 0 radical (unpaired) electrons. The van der Waals surface area contributed by atoms with Crippen LogP contribution >= 0.6 is 47.8 Å². The smallest absolute Gasteiger partial charge is 0.169 e. The summed E-state index contributed by atoms with van der Waals surface area (Å²) in [7, 11) is 0. The van der Waals surface area contributed by atoms with Crippen molar-refractivity contribution in [2.45, 2.75) is 6.17 Å². The van der Waals surface area contributed by atoms with Crippen molar-refractivity contribution in [1.82, 2.24) is 5.32 Å². The molecule has 134 valence electrons. The molecule has 1 aliphatic rings. The van der Waals surface area contributed by atoms with E-state index in [0.29, 0.717) is 0 Å². The zero-order chi connectivity index (χ0) is 18.8. The summed E-state index contributed by atoms with van der Waals surface area (Å²) >= 11 is 10.5. The molecule has 3 aromatic carbocycles. The average Bonchev–Trinajstić information content (AvgIpc) is 2.69. The topological polar surface area (TPSA) is 36.8 Å². The normalized spacial score (nSPS) is 14.3. The van der Waals surface area contributed by atoms with Gasteiger partial charge in [0.05, 0.1) is 0 Å². The minimum Gasteiger partial charge on any atom is -0.324 e. The van der Waals surface area contributed by atoms with E-state index in [0.717, 1.165) is 41.8 Å². The molecule has 0 aliphatic carbocycles. The Balaban J connectivity index is 1.76. The molecule has 1 heterocycles.